The van der Waals surface area contributed by atoms with E-state index in [1.54, 1.807) is 0 Å². The number of carbonyl (C=O) groups excluding carboxylic acids is 1. The summed E-state index contributed by atoms with van der Waals surface area (Å²) < 4.78 is 18.1. The monoisotopic (exact) mass is 716 g/mol. The van der Waals surface area contributed by atoms with E-state index in [2.05, 4.69) is 67.4 Å². The molecule has 0 heterocycles. The first-order chi connectivity index (χ1) is 24.9. The average molecular weight is 716 g/mol. The fourth-order valence-electron chi connectivity index (χ4n) is 5.86. The summed E-state index contributed by atoms with van der Waals surface area (Å²) >= 11 is 0. The van der Waals surface area contributed by atoms with Crippen LogP contribution in [0.3, 0.4) is 0 Å². The molecule has 0 N–H and O–H groups in total. The van der Waals surface area contributed by atoms with E-state index >= 15 is 0 Å². The molecule has 0 radical (unpaired) electrons. The van der Waals surface area contributed by atoms with E-state index in [9.17, 15) is 4.79 Å². The Morgan fingerprint density at radius 3 is 1.43 bits per heavy atom. The Morgan fingerprint density at radius 1 is 0.529 bits per heavy atom. The van der Waals surface area contributed by atoms with E-state index in [0.29, 0.717) is 19.6 Å². The first kappa shape index (κ1) is 49.3. The quantitative estimate of drug-likeness (QED) is 0.0360. The van der Waals surface area contributed by atoms with Crippen LogP contribution in [0, 0.1) is 0 Å². The van der Waals surface area contributed by atoms with Crippen molar-refractivity contribution in [2.45, 2.75) is 193 Å². The molecule has 0 spiro atoms. The van der Waals surface area contributed by atoms with Crippen molar-refractivity contribution in [3.8, 4) is 0 Å². The lowest BCUT2D eigenvalue weighted by molar-refractivity contribution is -0.161. The third-order valence-electron chi connectivity index (χ3n) is 9.22. The van der Waals surface area contributed by atoms with Gasteiger partial charge in [-0.3, -0.25) is 4.79 Å². The fourth-order valence-corrected chi connectivity index (χ4v) is 5.86. The van der Waals surface area contributed by atoms with Gasteiger partial charge in [0, 0.05) is 19.6 Å². The number of unbranched alkanes of at least 4 members (excludes halogenated alkanes) is 18. The summed E-state index contributed by atoms with van der Waals surface area (Å²) in [6.45, 7) is 9.55. The van der Waals surface area contributed by atoms with Crippen LogP contribution in [0.5, 0.6) is 0 Å². The van der Waals surface area contributed by atoms with Crippen molar-refractivity contribution in [1.29, 1.82) is 0 Å². The number of allylic oxidation sites excluding steroid dienone is 8. The van der Waals surface area contributed by atoms with E-state index in [-0.39, 0.29) is 12.6 Å². The highest BCUT2D eigenvalue weighted by molar-refractivity contribution is 5.69. The fraction of sp³-hybridized carbons (Fsp3) is 0.804. The summed E-state index contributed by atoms with van der Waals surface area (Å²) in [5.74, 6) is -0.148. The summed E-state index contributed by atoms with van der Waals surface area (Å²) in [6.07, 6.45) is 49.5. The number of esters is 1. The molecular weight excluding hydrogens is 631 g/mol. The van der Waals surface area contributed by atoms with E-state index in [1.165, 1.54) is 128 Å². The van der Waals surface area contributed by atoms with Gasteiger partial charge in [-0.1, -0.05) is 140 Å². The molecule has 0 aliphatic carbocycles. The van der Waals surface area contributed by atoms with E-state index in [1.807, 2.05) is 21.0 Å². The predicted octanol–water partition coefficient (Wildman–Crippen LogP) is 13.3. The molecule has 0 saturated carbocycles. The van der Waals surface area contributed by atoms with Gasteiger partial charge >= 0.3 is 5.97 Å². The molecule has 0 aromatic heterocycles. The third-order valence-corrected chi connectivity index (χ3v) is 9.22. The third kappa shape index (κ3) is 39.4. The van der Waals surface area contributed by atoms with E-state index < -0.39 is 5.60 Å². The van der Waals surface area contributed by atoms with Crippen molar-refractivity contribution >= 4 is 5.97 Å². The zero-order chi connectivity index (χ0) is 37.4. The minimum Gasteiger partial charge on any atom is -0.463 e. The second kappa shape index (κ2) is 39.5. The number of hydrogen-bond donors (Lipinski definition) is 0. The second-order valence-electron chi connectivity index (χ2n) is 15.1. The number of hydrogen-bond acceptors (Lipinski definition) is 5. The highest BCUT2D eigenvalue weighted by Crippen LogP contribution is 2.16. The topological polar surface area (TPSA) is 48.0 Å². The Hall–Kier alpha value is -1.69. The number of nitrogens with zero attached hydrogens (tertiary/aromatic N) is 1. The van der Waals surface area contributed by atoms with Gasteiger partial charge in [-0.2, -0.15) is 0 Å². The maximum Gasteiger partial charge on any atom is 0.305 e. The van der Waals surface area contributed by atoms with Crippen molar-refractivity contribution in [2.24, 2.45) is 0 Å². The van der Waals surface area contributed by atoms with Crippen molar-refractivity contribution in [1.82, 2.24) is 4.90 Å². The molecule has 0 aromatic rings. The number of rotatable bonds is 39. The van der Waals surface area contributed by atoms with Crippen LogP contribution in [0.25, 0.3) is 0 Å². The Balaban J connectivity index is 4.14. The zero-order valence-electron chi connectivity index (χ0n) is 34.6. The lowest BCUT2D eigenvalue weighted by Crippen LogP contribution is -2.41. The van der Waals surface area contributed by atoms with Crippen LogP contribution in [0.4, 0.5) is 0 Å². The van der Waals surface area contributed by atoms with Crippen LogP contribution >= 0.6 is 0 Å². The maximum atomic E-state index is 12.4. The second-order valence-corrected chi connectivity index (χ2v) is 15.1. The molecule has 0 amide bonds. The van der Waals surface area contributed by atoms with Gasteiger partial charge in [0.15, 0.2) is 0 Å². The number of carbonyl (C=O) groups is 1. The predicted molar refractivity (Wildman–Crippen MR) is 223 cm³/mol. The first-order valence-corrected chi connectivity index (χ1v) is 21.6. The summed E-state index contributed by atoms with van der Waals surface area (Å²) in [5.41, 5.74) is -0.605. The van der Waals surface area contributed by atoms with Crippen molar-refractivity contribution < 1.29 is 19.0 Å². The standard InChI is InChI=1S/C46H85NO4/c1-6-8-10-12-14-16-18-20-22-24-26-28-30-32-34-36-41-49-43-46(3,44-50-45(48)39-38-40-47(4)5)51-42-37-35-33-31-29-27-25-23-21-19-17-15-13-11-9-7-2/h14-17,20-23H,6-13,18-19,24-44H2,1-5H3/b16-14-,17-15-,22-20-,23-21-. The van der Waals surface area contributed by atoms with Gasteiger partial charge in [0.2, 0.25) is 0 Å². The SMILES string of the molecule is CCCCC/C=C\C/C=C\CCCCCCCCOCC(C)(COC(=O)CCCN(C)C)OCCCCCCCC/C=C\C/C=C\CCCCC. The molecule has 0 fully saturated rings. The van der Waals surface area contributed by atoms with Crippen LogP contribution < -0.4 is 0 Å². The normalized spacial score (nSPS) is 13.5. The van der Waals surface area contributed by atoms with E-state index in [4.69, 9.17) is 14.2 Å². The molecule has 0 aromatic carbocycles. The smallest absolute Gasteiger partial charge is 0.305 e. The van der Waals surface area contributed by atoms with Crippen LogP contribution in [-0.4, -0.2) is 63.5 Å². The molecule has 0 bridgehead atoms. The lowest BCUT2D eigenvalue weighted by atomic mass is 10.1. The minimum atomic E-state index is -0.605. The highest BCUT2D eigenvalue weighted by atomic mass is 16.6. The molecule has 5 nitrogen and oxygen atoms in total. The zero-order valence-corrected chi connectivity index (χ0v) is 34.6. The van der Waals surface area contributed by atoms with Crippen molar-refractivity contribution in [2.75, 3.05) is 47.1 Å². The molecule has 51 heavy (non-hydrogen) atoms. The molecule has 0 rings (SSSR count). The highest BCUT2D eigenvalue weighted by Gasteiger charge is 2.28. The maximum absolute atomic E-state index is 12.4. The molecule has 1 atom stereocenters. The molecule has 298 valence electrons. The molecule has 0 saturated heterocycles. The van der Waals surface area contributed by atoms with Gasteiger partial charge < -0.3 is 19.1 Å². The van der Waals surface area contributed by atoms with Crippen LogP contribution in [-0.2, 0) is 19.0 Å². The van der Waals surface area contributed by atoms with Crippen LogP contribution in [0.2, 0.25) is 0 Å². The summed E-state index contributed by atoms with van der Waals surface area (Å²) in [7, 11) is 4.05. The Labute approximate surface area is 318 Å². The van der Waals surface area contributed by atoms with Crippen molar-refractivity contribution in [3.05, 3.63) is 48.6 Å². The van der Waals surface area contributed by atoms with Gasteiger partial charge in [0.25, 0.3) is 0 Å². The van der Waals surface area contributed by atoms with E-state index in [0.717, 1.165) is 45.3 Å². The molecule has 0 aliphatic rings. The molecular formula is C46H85NO4. The largest absolute Gasteiger partial charge is 0.463 e. The van der Waals surface area contributed by atoms with Gasteiger partial charge in [0.1, 0.15) is 12.2 Å². The summed E-state index contributed by atoms with van der Waals surface area (Å²) in [5, 5.41) is 0. The molecule has 1 unspecified atom stereocenters. The first-order valence-electron chi connectivity index (χ1n) is 21.6. The number of ether oxygens (including phenoxy) is 3. The van der Waals surface area contributed by atoms with Gasteiger partial charge in [-0.05, 0) is 111 Å². The minimum absolute atomic E-state index is 0.148. The average Bonchev–Trinajstić information content (AvgIpc) is 3.11. The molecule has 0 aliphatic heterocycles. The van der Waals surface area contributed by atoms with Gasteiger partial charge in [-0.15, -0.1) is 0 Å². The summed E-state index contributed by atoms with van der Waals surface area (Å²) in [6, 6.07) is 0. The van der Waals surface area contributed by atoms with Crippen LogP contribution in [0.1, 0.15) is 188 Å². The Bertz CT molecular complexity index is 848. The Morgan fingerprint density at radius 2 is 0.961 bits per heavy atom. The lowest BCUT2D eigenvalue weighted by Gasteiger charge is -2.29. The van der Waals surface area contributed by atoms with Crippen LogP contribution in [0.15, 0.2) is 48.6 Å². The Kier molecular flexibility index (Phi) is 38.2. The van der Waals surface area contributed by atoms with Gasteiger partial charge in [0.05, 0.1) is 6.61 Å². The van der Waals surface area contributed by atoms with Crippen molar-refractivity contribution in [3.63, 3.8) is 0 Å². The molecule has 5 heteroatoms. The van der Waals surface area contributed by atoms with Gasteiger partial charge in [-0.25, -0.2) is 0 Å². The summed E-state index contributed by atoms with van der Waals surface area (Å²) in [4.78, 5) is 14.5.